The van der Waals surface area contributed by atoms with E-state index < -0.39 is 0 Å². The molecule has 0 aliphatic rings. The molecule has 0 amide bonds. The van der Waals surface area contributed by atoms with Crippen LogP contribution in [0, 0.1) is 5.41 Å². The molecule has 1 heterocycles. The zero-order valence-corrected chi connectivity index (χ0v) is 13.2. The number of hydrogen-bond acceptors (Lipinski definition) is 3. The number of rotatable bonds is 7. The Morgan fingerprint density at radius 2 is 2.06 bits per heavy atom. The molecular weight excluding hydrogens is 298 g/mol. The summed E-state index contributed by atoms with van der Waals surface area (Å²) in [6.45, 7) is 7.59. The van der Waals surface area contributed by atoms with Crippen molar-refractivity contribution in [3.05, 3.63) is 20.8 Å². The van der Waals surface area contributed by atoms with Crippen molar-refractivity contribution >= 4 is 27.3 Å². The van der Waals surface area contributed by atoms with E-state index in [-0.39, 0.29) is 12.0 Å². The molecule has 0 saturated carbocycles. The average molecular weight is 320 g/mol. The SMILES string of the molecule is CCC(CC)(CO)CNC(C)c1ccc(Br)s1. The van der Waals surface area contributed by atoms with Crippen LogP contribution in [0.1, 0.15) is 44.5 Å². The van der Waals surface area contributed by atoms with Crippen LogP contribution in [0.15, 0.2) is 15.9 Å². The van der Waals surface area contributed by atoms with Crippen molar-refractivity contribution in [2.75, 3.05) is 13.2 Å². The summed E-state index contributed by atoms with van der Waals surface area (Å²) in [5.74, 6) is 0. The van der Waals surface area contributed by atoms with Crippen molar-refractivity contribution in [1.29, 1.82) is 0 Å². The Morgan fingerprint density at radius 3 is 2.47 bits per heavy atom. The van der Waals surface area contributed by atoms with Gasteiger partial charge in [-0.2, -0.15) is 0 Å². The van der Waals surface area contributed by atoms with Crippen LogP contribution < -0.4 is 5.32 Å². The topological polar surface area (TPSA) is 32.3 Å². The van der Waals surface area contributed by atoms with Crippen molar-refractivity contribution in [2.45, 2.75) is 39.7 Å². The first-order chi connectivity index (χ1) is 8.06. The first-order valence-corrected chi connectivity index (χ1v) is 7.77. The minimum Gasteiger partial charge on any atom is -0.396 e. The van der Waals surface area contributed by atoms with Gasteiger partial charge in [-0.15, -0.1) is 11.3 Å². The van der Waals surface area contributed by atoms with E-state index >= 15 is 0 Å². The van der Waals surface area contributed by atoms with E-state index in [2.05, 4.69) is 54.2 Å². The van der Waals surface area contributed by atoms with Crippen molar-refractivity contribution in [3.8, 4) is 0 Å². The number of aliphatic hydroxyl groups excluding tert-OH is 1. The lowest BCUT2D eigenvalue weighted by atomic mass is 9.83. The van der Waals surface area contributed by atoms with Gasteiger partial charge in [-0.25, -0.2) is 0 Å². The molecule has 0 aromatic carbocycles. The van der Waals surface area contributed by atoms with Gasteiger partial charge < -0.3 is 10.4 Å². The predicted octanol–water partition coefficient (Wildman–Crippen LogP) is 3.96. The lowest BCUT2D eigenvalue weighted by molar-refractivity contribution is 0.110. The summed E-state index contributed by atoms with van der Waals surface area (Å²) in [6.07, 6.45) is 2.02. The second kappa shape index (κ2) is 6.88. The Morgan fingerprint density at radius 1 is 1.41 bits per heavy atom. The van der Waals surface area contributed by atoms with Gasteiger partial charge in [0.25, 0.3) is 0 Å². The lowest BCUT2D eigenvalue weighted by Crippen LogP contribution is -2.37. The van der Waals surface area contributed by atoms with Gasteiger partial charge >= 0.3 is 0 Å². The maximum absolute atomic E-state index is 9.52. The van der Waals surface area contributed by atoms with E-state index in [9.17, 15) is 5.11 Å². The third-order valence-electron chi connectivity index (χ3n) is 3.64. The molecule has 1 rings (SSSR count). The molecule has 0 bridgehead atoms. The summed E-state index contributed by atoms with van der Waals surface area (Å²) in [7, 11) is 0. The molecular formula is C13H22BrNOS. The molecule has 4 heteroatoms. The summed E-state index contributed by atoms with van der Waals surface area (Å²) in [6, 6.07) is 4.57. The maximum Gasteiger partial charge on any atom is 0.0701 e. The highest BCUT2D eigenvalue weighted by Gasteiger charge is 2.25. The van der Waals surface area contributed by atoms with Crippen molar-refractivity contribution in [3.63, 3.8) is 0 Å². The number of thiophene rings is 1. The Bertz CT molecular complexity index is 328. The molecule has 0 fully saturated rings. The van der Waals surface area contributed by atoms with Crippen LogP contribution in [0.5, 0.6) is 0 Å². The number of hydrogen-bond donors (Lipinski definition) is 2. The number of halogens is 1. The maximum atomic E-state index is 9.52. The van der Waals surface area contributed by atoms with Gasteiger partial charge in [-0.1, -0.05) is 13.8 Å². The van der Waals surface area contributed by atoms with Crippen molar-refractivity contribution in [1.82, 2.24) is 5.32 Å². The summed E-state index contributed by atoms with van der Waals surface area (Å²) in [4.78, 5) is 1.33. The normalized spacial score (nSPS) is 13.9. The Labute approximate surface area is 117 Å². The summed E-state index contributed by atoms with van der Waals surface area (Å²) < 4.78 is 1.17. The largest absolute Gasteiger partial charge is 0.396 e. The summed E-state index contributed by atoms with van der Waals surface area (Å²) in [5, 5.41) is 13.1. The third-order valence-corrected chi connectivity index (χ3v) is 5.45. The quantitative estimate of drug-likeness (QED) is 0.797. The first-order valence-electron chi connectivity index (χ1n) is 6.16. The number of aliphatic hydroxyl groups is 1. The van der Waals surface area contributed by atoms with Crippen LogP contribution in [0.25, 0.3) is 0 Å². The third kappa shape index (κ3) is 4.05. The lowest BCUT2D eigenvalue weighted by Gasteiger charge is -2.31. The highest BCUT2D eigenvalue weighted by atomic mass is 79.9. The van der Waals surface area contributed by atoms with Crippen LogP contribution in [-0.4, -0.2) is 18.3 Å². The fourth-order valence-electron chi connectivity index (χ4n) is 1.81. The molecule has 0 spiro atoms. The molecule has 1 aromatic rings. The van der Waals surface area contributed by atoms with E-state index in [1.807, 2.05) is 0 Å². The van der Waals surface area contributed by atoms with Gasteiger partial charge in [0.15, 0.2) is 0 Å². The van der Waals surface area contributed by atoms with Crippen LogP contribution in [0.2, 0.25) is 0 Å². The molecule has 1 atom stereocenters. The number of nitrogens with one attached hydrogen (secondary N) is 1. The minimum atomic E-state index is 0.0305. The summed E-state index contributed by atoms with van der Waals surface area (Å²) in [5.41, 5.74) is 0.0305. The Balaban J connectivity index is 2.55. The van der Waals surface area contributed by atoms with Gasteiger partial charge in [0, 0.05) is 29.5 Å². The van der Waals surface area contributed by atoms with Gasteiger partial charge in [-0.05, 0) is 47.8 Å². The standard InChI is InChI=1S/C13H22BrNOS/c1-4-13(5-2,9-16)8-15-10(3)11-6-7-12(14)17-11/h6-7,10,15-16H,4-5,8-9H2,1-3H3. The van der Waals surface area contributed by atoms with Crippen LogP contribution in [-0.2, 0) is 0 Å². The Kier molecular flexibility index (Phi) is 6.13. The van der Waals surface area contributed by atoms with Gasteiger partial charge in [0.1, 0.15) is 0 Å². The molecule has 0 aliphatic carbocycles. The Hall–Kier alpha value is 0.1000. The molecule has 2 nitrogen and oxygen atoms in total. The van der Waals surface area contributed by atoms with E-state index in [0.717, 1.165) is 19.4 Å². The van der Waals surface area contributed by atoms with Crippen molar-refractivity contribution in [2.24, 2.45) is 5.41 Å². The van der Waals surface area contributed by atoms with Crippen LogP contribution in [0.4, 0.5) is 0 Å². The zero-order chi connectivity index (χ0) is 12.9. The fourth-order valence-corrected chi connectivity index (χ4v) is 3.26. The molecule has 1 aromatic heterocycles. The zero-order valence-electron chi connectivity index (χ0n) is 10.8. The second-order valence-corrected chi connectivity index (χ2v) is 7.10. The molecule has 0 saturated heterocycles. The van der Waals surface area contributed by atoms with Gasteiger partial charge in [-0.3, -0.25) is 0 Å². The van der Waals surface area contributed by atoms with E-state index in [4.69, 9.17) is 0 Å². The molecule has 2 N–H and O–H groups in total. The van der Waals surface area contributed by atoms with E-state index in [1.54, 1.807) is 11.3 Å². The summed E-state index contributed by atoms with van der Waals surface area (Å²) >= 11 is 5.24. The highest BCUT2D eigenvalue weighted by Crippen LogP contribution is 2.29. The second-order valence-electron chi connectivity index (χ2n) is 4.61. The van der Waals surface area contributed by atoms with E-state index in [0.29, 0.717) is 6.04 Å². The highest BCUT2D eigenvalue weighted by molar-refractivity contribution is 9.11. The predicted molar refractivity (Wildman–Crippen MR) is 78.5 cm³/mol. The van der Waals surface area contributed by atoms with Crippen molar-refractivity contribution < 1.29 is 5.11 Å². The van der Waals surface area contributed by atoms with Gasteiger partial charge in [0.2, 0.25) is 0 Å². The fraction of sp³-hybridized carbons (Fsp3) is 0.692. The average Bonchev–Trinajstić information content (AvgIpc) is 2.78. The van der Waals surface area contributed by atoms with Gasteiger partial charge in [0.05, 0.1) is 3.79 Å². The molecule has 0 radical (unpaired) electrons. The minimum absolute atomic E-state index is 0.0305. The monoisotopic (exact) mass is 319 g/mol. The molecule has 98 valence electrons. The molecule has 17 heavy (non-hydrogen) atoms. The van der Waals surface area contributed by atoms with Crippen LogP contribution in [0.3, 0.4) is 0 Å². The molecule has 0 aliphatic heterocycles. The van der Waals surface area contributed by atoms with E-state index in [1.165, 1.54) is 8.66 Å². The van der Waals surface area contributed by atoms with Crippen LogP contribution >= 0.6 is 27.3 Å². The molecule has 1 unspecified atom stereocenters. The smallest absolute Gasteiger partial charge is 0.0701 e. The first kappa shape index (κ1) is 15.2.